The molecule has 0 aliphatic heterocycles. The van der Waals surface area contributed by atoms with Crippen LogP contribution < -0.4 is 9.92 Å². The molecule has 0 atom stereocenters. The average molecular weight is 316 g/mol. The molecule has 0 unspecified atom stereocenters. The summed E-state index contributed by atoms with van der Waals surface area (Å²) in [4.78, 5) is 14.9. The summed E-state index contributed by atoms with van der Waals surface area (Å²) in [6.07, 6.45) is 1.23. The molecule has 1 heterocycles. The Balaban J connectivity index is 2.44. The van der Waals surface area contributed by atoms with Crippen molar-refractivity contribution < 1.29 is 17.4 Å². The summed E-state index contributed by atoms with van der Waals surface area (Å²) < 4.78 is 30.4. The van der Waals surface area contributed by atoms with Crippen LogP contribution in [0.15, 0.2) is 35.6 Å². The topological polar surface area (TPSA) is 104 Å². The number of amides is 1. The average Bonchev–Trinajstić information content (AvgIpc) is 2.70. The number of hydrogen-bond acceptors (Lipinski definition) is 5. The van der Waals surface area contributed by atoms with E-state index < -0.39 is 21.1 Å². The van der Waals surface area contributed by atoms with E-state index in [0.717, 1.165) is 0 Å². The number of halogens is 1. The minimum atomic E-state index is -4.25. The van der Waals surface area contributed by atoms with Crippen LogP contribution >= 0.6 is 11.6 Å². The van der Waals surface area contributed by atoms with Crippen molar-refractivity contribution in [1.82, 2.24) is 9.55 Å². The quantitative estimate of drug-likeness (QED) is 0.845. The van der Waals surface area contributed by atoms with Crippen molar-refractivity contribution in [2.75, 3.05) is 0 Å². The summed E-state index contributed by atoms with van der Waals surface area (Å²) in [5.74, 6) is -0.982. The SMILES string of the molecule is Cn1cnc(S(=O)(=O)Oc2ccccc2C(N)=O)c1Cl. The number of primary amides is 1. The zero-order valence-corrected chi connectivity index (χ0v) is 11.9. The number of rotatable bonds is 4. The first kappa shape index (κ1) is 14.4. The molecule has 0 spiro atoms. The van der Waals surface area contributed by atoms with Gasteiger partial charge in [0.05, 0.1) is 11.9 Å². The molecule has 2 aromatic rings. The van der Waals surface area contributed by atoms with Crippen LogP contribution in [0.5, 0.6) is 5.75 Å². The normalized spacial score (nSPS) is 11.3. The fourth-order valence-electron chi connectivity index (χ4n) is 1.46. The van der Waals surface area contributed by atoms with Crippen LogP contribution in [-0.2, 0) is 17.2 Å². The Morgan fingerprint density at radius 2 is 2.05 bits per heavy atom. The van der Waals surface area contributed by atoms with Gasteiger partial charge in [-0.2, -0.15) is 8.42 Å². The summed E-state index contributed by atoms with van der Waals surface area (Å²) in [5, 5.41) is -0.525. The monoisotopic (exact) mass is 315 g/mol. The van der Waals surface area contributed by atoms with Gasteiger partial charge in [-0.1, -0.05) is 23.7 Å². The van der Waals surface area contributed by atoms with Crippen molar-refractivity contribution in [3.8, 4) is 5.75 Å². The maximum absolute atomic E-state index is 12.1. The number of hydrogen-bond donors (Lipinski definition) is 1. The second-order valence-corrected chi connectivity index (χ2v) is 5.67. The predicted octanol–water partition coefficient (Wildman–Crippen LogP) is 0.940. The van der Waals surface area contributed by atoms with Crippen molar-refractivity contribution in [2.24, 2.45) is 12.8 Å². The molecule has 1 aromatic carbocycles. The summed E-state index contributed by atoms with van der Waals surface area (Å²) >= 11 is 5.81. The number of carbonyl (C=O) groups is 1. The van der Waals surface area contributed by atoms with Crippen LogP contribution in [0, 0.1) is 0 Å². The van der Waals surface area contributed by atoms with Crippen LogP contribution in [0.25, 0.3) is 0 Å². The van der Waals surface area contributed by atoms with Crippen molar-refractivity contribution in [1.29, 1.82) is 0 Å². The lowest BCUT2D eigenvalue weighted by atomic mass is 10.2. The van der Waals surface area contributed by atoms with Crippen LogP contribution in [-0.4, -0.2) is 23.9 Å². The Kier molecular flexibility index (Phi) is 3.69. The molecule has 0 aliphatic carbocycles. The molecular weight excluding hydrogens is 306 g/mol. The lowest BCUT2D eigenvalue weighted by molar-refractivity contribution is 0.0999. The molecule has 0 fully saturated rings. The fraction of sp³-hybridized carbons (Fsp3) is 0.0909. The molecular formula is C11H10ClN3O4S. The summed E-state index contributed by atoms with van der Waals surface area (Å²) in [6, 6.07) is 5.71. The summed E-state index contributed by atoms with van der Waals surface area (Å²) in [6.45, 7) is 0. The highest BCUT2D eigenvalue weighted by atomic mass is 35.5. The van der Waals surface area contributed by atoms with Crippen molar-refractivity contribution in [2.45, 2.75) is 5.03 Å². The van der Waals surface area contributed by atoms with Crippen molar-refractivity contribution in [3.05, 3.63) is 41.3 Å². The summed E-state index contributed by atoms with van der Waals surface area (Å²) in [7, 11) is -2.72. The molecule has 1 amide bonds. The Bertz CT molecular complexity index is 770. The van der Waals surface area contributed by atoms with Gasteiger partial charge in [-0.25, -0.2) is 4.98 Å². The number of aromatic nitrogens is 2. The molecule has 0 radical (unpaired) electrons. The Labute approximate surface area is 120 Å². The molecule has 2 rings (SSSR count). The molecule has 9 heteroatoms. The van der Waals surface area contributed by atoms with Gasteiger partial charge in [-0.15, -0.1) is 0 Å². The van der Waals surface area contributed by atoms with E-state index in [-0.39, 0.29) is 16.5 Å². The van der Waals surface area contributed by atoms with E-state index in [1.807, 2.05) is 0 Å². The molecule has 0 saturated heterocycles. The van der Waals surface area contributed by atoms with E-state index in [4.69, 9.17) is 21.5 Å². The van der Waals surface area contributed by atoms with E-state index in [0.29, 0.717) is 0 Å². The molecule has 7 nitrogen and oxygen atoms in total. The van der Waals surface area contributed by atoms with Gasteiger partial charge >= 0.3 is 10.1 Å². The highest BCUT2D eigenvalue weighted by Crippen LogP contribution is 2.25. The highest BCUT2D eigenvalue weighted by molar-refractivity contribution is 7.87. The number of para-hydroxylation sites is 1. The van der Waals surface area contributed by atoms with Crippen LogP contribution in [0.1, 0.15) is 10.4 Å². The minimum absolute atomic E-state index is 0.0527. The zero-order valence-electron chi connectivity index (χ0n) is 10.3. The van der Waals surface area contributed by atoms with Gasteiger partial charge in [-0.05, 0) is 12.1 Å². The third kappa shape index (κ3) is 2.61. The van der Waals surface area contributed by atoms with Crippen molar-refractivity contribution in [3.63, 3.8) is 0 Å². The fourth-order valence-corrected chi connectivity index (χ4v) is 2.83. The van der Waals surface area contributed by atoms with E-state index in [9.17, 15) is 13.2 Å². The molecule has 0 bridgehead atoms. The molecule has 0 aliphatic rings. The number of imidazole rings is 1. The van der Waals surface area contributed by atoms with Gasteiger partial charge in [0.2, 0.25) is 5.03 Å². The molecule has 0 saturated carbocycles. The highest BCUT2D eigenvalue weighted by Gasteiger charge is 2.26. The smallest absolute Gasteiger partial charge is 0.360 e. The number of aryl methyl sites for hydroxylation is 1. The van der Waals surface area contributed by atoms with Gasteiger partial charge < -0.3 is 14.5 Å². The van der Waals surface area contributed by atoms with Gasteiger partial charge in [0.15, 0.2) is 10.9 Å². The molecule has 20 heavy (non-hydrogen) atoms. The second kappa shape index (κ2) is 5.14. The minimum Gasteiger partial charge on any atom is -0.377 e. The second-order valence-electron chi connectivity index (χ2n) is 3.85. The standard InChI is InChI=1S/C11H10ClN3O4S/c1-15-6-14-11(9(15)12)20(17,18)19-8-5-3-2-4-7(8)10(13)16/h2-6H,1H3,(H2,13,16). The largest absolute Gasteiger partial charge is 0.377 e. The summed E-state index contributed by atoms with van der Waals surface area (Å²) in [5.41, 5.74) is 5.09. The van der Waals surface area contributed by atoms with E-state index in [1.54, 1.807) is 0 Å². The van der Waals surface area contributed by atoms with Crippen LogP contribution in [0.4, 0.5) is 0 Å². The Hall–Kier alpha value is -2.06. The first-order chi connectivity index (χ1) is 9.33. The van der Waals surface area contributed by atoms with Crippen LogP contribution in [0.2, 0.25) is 5.15 Å². The van der Waals surface area contributed by atoms with E-state index >= 15 is 0 Å². The Morgan fingerprint density at radius 3 is 2.60 bits per heavy atom. The third-order valence-electron chi connectivity index (χ3n) is 2.42. The Morgan fingerprint density at radius 1 is 1.40 bits per heavy atom. The van der Waals surface area contributed by atoms with Crippen LogP contribution in [0.3, 0.4) is 0 Å². The van der Waals surface area contributed by atoms with Gasteiger partial charge in [-0.3, -0.25) is 4.79 Å². The van der Waals surface area contributed by atoms with Gasteiger partial charge in [0.25, 0.3) is 5.91 Å². The van der Waals surface area contributed by atoms with Gasteiger partial charge in [0.1, 0.15) is 0 Å². The number of nitrogens with zero attached hydrogens (tertiary/aromatic N) is 2. The third-order valence-corrected chi connectivity index (χ3v) is 4.15. The van der Waals surface area contributed by atoms with Gasteiger partial charge in [0, 0.05) is 7.05 Å². The lowest BCUT2D eigenvalue weighted by Crippen LogP contribution is -2.16. The number of nitrogens with two attached hydrogens (primary N) is 1. The van der Waals surface area contributed by atoms with E-state index in [2.05, 4.69) is 4.98 Å². The number of benzene rings is 1. The maximum atomic E-state index is 12.1. The molecule has 1 aromatic heterocycles. The lowest BCUT2D eigenvalue weighted by Gasteiger charge is -2.08. The maximum Gasteiger partial charge on any atom is 0.360 e. The van der Waals surface area contributed by atoms with E-state index in [1.165, 1.54) is 42.2 Å². The first-order valence-electron chi connectivity index (χ1n) is 5.33. The molecule has 106 valence electrons. The number of carbonyl (C=O) groups excluding carboxylic acids is 1. The molecule has 2 N–H and O–H groups in total. The predicted molar refractivity (Wildman–Crippen MR) is 71.0 cm³/mol. The first-order valence-corrected chi connectivity index (χ1v) is 7.11. The van der Waals surface area contributed by atoms with Crippen molar-refractivity contribution >= 4 is 27.6 Å². The zero-order chi connectivity index (χ0) is 14.9.